The molecule has 1 aliphatic rings. The van der Waals surface area contributed by atoms with Crippen molar-refractivity contribution in [2.45, 2.75) is 25.7 Å². The van der Waals surface area contributed by atoms with Gasteiger partial charge < -0.3 is 15.2 Å². The Morgan fingerprint density at radius 1 is 1.11 bits per heavy atom. The van der Waals surface area contributed by atoms with Crippen molar-refractivity contribution < 1.29 is 9.47 Å². The zero-order chi connectivity index (χ0) is 12.6. The van der Waals surface area contributed by atoms with Crippen LogP contribution in [0.25, 0.3) is 0 Å². The molecule has 1 aliphatic heterocycles. The second-order valence-corrected chi connectivity index (χ2v) is 4.26. The van der Waals surface area contributed by atoms with Gasteiger partial charge in [-0.15, -0.1) is 0 Å². The molecule has 3 nitrogen and oxygen atoms in total. The molecule has 0 amide bonds. The van der Waals surface area contributed by atoms with E-state index in [0.29, 0.717) is 6.61 Å². The van der Waals surface area contributed by atoms with Crippen molar-refractivity contribution in [3.63, 3.8) is 0 Å². The van der Waals surface area contributed by atoms with Crippen LogP contribution in [0.4, 0.5) is 0 Å². The van der Waals surface area contributed by atoms with Crippen LogP contribution in [0.3, 0.4) is 0 Å². The lowest BCUT2D eigenvalue weighted by molar-refractivity contribution is 0.297. The Labute approximate surface area is 108 Å². The third-order valence-electron chi connectivity index (χ3n) is 2.74. The van der Waals surface area contributed by atoms with Crippen LogP contribution in [0, 0.1) is 11.8 Å². The highest BCUT2D eigenvalue weighted by atomic mass is 16.5. The third kappa shape index (κ3) is 3.68. The quantitative estimate of drug-likeness (QED) is 0.656. The zero-order valence-corrected chi connectivity index (χ0v) is 10.6. The lowest BCUT2D eigenvalue weighted by Crippen LogP contribution is -1.97. The van der Waals surface area contributed by atoms with E-state index in [1.807, 2.05) is 18.2 Å². The van der Waals surface area contributed by atoms with Crippen LogP contribution in [0.15, 0.2) is 18.2 Å². The van der Waals surface area contributed by atoms with Crippen molar-refractivity contribution >= 4 is 0 Å². The Morgan fingerprint density at radius 3 is 2.78 bits per heavy atom. The number of benzene rings is 1. The van der Waals surface area contributed by atoms with Gasteiger partial charge >= 0.3 is 0 Å². The summed E-state index contributed by atoms with van der Waals surface area (Å²) < 4.78 is 11.2. The number of hydrogen-bond donors (Lipinski definition) is 1. The van der Waals surface area contributed by atoms with E-state index >= 15 is 0 Å². The molecular weight excluding hydrogens is 226 g/mol. The number of fused-ring (bicyclic) bond motifs is 1. The topological polar surface area (TPSA) is 44.5 Å². The summed E-state index contributed by atoms with van der Waals surface area (Å²) in [5, 5.41) is 0. The zero-order valence-electron chi connectivity index (χ0n) is 10.6. The molecule has 0 radical (unpaired) electrons. The number of hydrogen-bond acceptors (Lipinski definition) is 3. The third-order valence-corrected chi connectivity index (χ3v) is 2.74. The first-order chi connectivity index (χ1) is 8.90. The van der Waals surface area contributed by atoms with Gasteiger partial charge in [-0.05, 0) is 37.6 Å². The maximum atomic E-state index is 5.62. The van der Waals surface area contributed by atoms with Crippen LogP contribution in [-0.4, -0.2) is 19.8 Å². The number of rotatable bonds is 3. The van der Waals surface area contributed by atoms with Gasteiger partial charge in [0.05, 0.1) is 13.2 Å². The summed E-state index contributed by atoms with van der Waals surface area (Å²) in [7, 11) is 0. The molecule has 0 unspecified atom stereocenters. The van der Waals surface area contributed by atoms with Gasteiger partial charge in [0.15, 0.2) is 11.5 Å². The Balaban J connectivity index is 1.99. The van der Waals surface area contributed by atoms with Gasteiger partial charge in [0.25, 0.3) is 0 Å². The molecule has 0 spiro atoms. The van der Waals surface area contributed by atoms with Crippen LogP contribution >= 0.6 is 0 Å². The lowest BCUT2D eigenvalue weighted by Gasteiger charge is -2.06. The monoisotopic (exact) mass is 245 g/mol. The molecule has 0 atom stereocenters. The highest BCUT2D eigenvalue weighted by Gasteiger charge is 2.09. The molecule has 96 valence electrons. The van der Waals surface area contributed by atoms with Gasteiger partial charge in [-0.2, -0.15) is 0 Å². The van der Waals surface area contributed by atoms with Crippen molar-refractivity contribution in [3.8, 4) is 23.3 Å². The average Bonchev–Trinajstić information content (AvgIpc) is 2.63. The minimum atomic E-state index is 0.709. The van der Waals surface area contributed by atoms with E-state index < -0.39 is 0 Å². The normalized spacial score (nSPS) is 13.4. The van der Waals surface area contributed by atoms with Gasteiger partial charge in [0.2, 0.25) is 0 Å². The first-order valence-electron chi connectivity index (χ1n) is 6.49. The predicted octanol–water partition coefficient (Wildman–Crippen LogP) is 2.33. The first kappa shape index (κ1) is 12.8. The predicted molar refractivity (Wildman–Crippen MR) is 71.8 cm³/mol. The maximum absolute atomic E-state index is 5.62. The lowest BCUT2D eigenvalue weighted by atomic mass is 10.2. The van der Waals surface area contributed by atoms with Crippen LogP contribution in [0.2, 0.25) is 0 Å². The molecular formula is C15H19NO2. The highest BCUT2D eigenvalue weighted by Crippen LogP contribution is 2.30. The van der Waals surface area contributed by atoms with Gasteiger partial charge in [-0.1, -0.05) is 11.8 Å². The van der Waals surface area contributed by atoms with Gasteiger partial charge in [0.1, 0.15) is 0 Å². The standard InChI is InChI=1S/C15H19NO2/c16-9-4-2-1-3-6-13-7-8-14-15(12-13)18-11-5-10-17-14/h7-8,12H,1-2,4-5,9-11,16H2. The number of ether oxygens (including phenoxy) is 2. The minimum Gasteiger partial charge on any atom is -0.490 e. The van der Waals surface area contributed by atoms with Crippen LogP contribution in [-0.2, 0) is 0 Å². The smallest absolute Gasteiger partial charge is 0.162 e. The maximum Gasteiger partial charge on any atom is 0.162 e. The first-order valence-corrected chi connectivity index (χ1v) is 6.49. The number of unbranched alkanes of at least 4 members (excludes halogenated alkanes) is 2. The molecule has 0 saturated carbocycles. The molecule has 3 heteroatoms. The summed E-state index contributed by atoms with van der Waals surface area (Å²) in [5.74, 6) is 7.93. The van der Waals surface area contributed by atoms with Gasteiger partial charge in [0, 0.05) is 18.4 Å². The molecule has 2 N–H and O–H groups in total. The summed E-state index contributed by atoms with van der Waals surface area (Å²) in [4.78, 5) is 0. The average molecular weight is 245 g/mol. The molecule has 1 heterocycles. The molecule has 0 bridgehead atoms. The van der Waals surface area contributed by atoms with E-state index in [1.165, 1.54) is 0 Å². The molecule has 2 rings (SSSR count). The van der Waals surface area contributed by atoms with Crippen LogP contribution in [0.1, 0.15) is 31.2 Å². The summed E-state index contributed by atoms with van der Waals surface area (Å²) in [6, 6.07) is 5.87. The SMILES string of the molecule is NCCCCC#Cc1ccc2c(c1)OCCCO2. The van der Waals surface area contributed by atoms with Gasteiger partial charge in [-0.3, -0.25) is 0 Å². The molecule has 0 aromatic heterocycles. The summed E-state index contributed by atoms with van der Waals surface area (Å²) >= 11 is 0. The Morgan fingerprint density at radius 2 is 1.94 bits per heavy atom. The molecule has 1 aromatic rings. The van der Waals surface area contributed by atoms with Crippen molar-refractivity contribution in [3.05, 3.63) is 23.8 Å². The summed E-state index contributed by atoms with van der Waals surface area (Å²) in [6.07, 6.45) is 3.92. The fourth-order valence-electron chi connectivity index (χ4n) is 1.76. The van der Waals surface area contributed by atoms with Crippen molar-refractivity contribution in [2.24, 2.45) is 5.73 Å². The van der Waals surface area contributed by atoms with Crippen LogP contribution < -0.4 is 15.2 Å². The summed E-state index contributed by atoms with van der Waals surface area (Å²) in [6.45, 7) is 2.17. The minimum absolute atomic E-state index is 0.709. The molecule has 1 aromatic carbocycles. The Kier molecular flexibility index (Phi) is 4.92. The highest BCUT2D eigenvalue weighted by molar-refractivity contribution is 5.48. The Hall–Kier alpha value is -1.66. The van der Waals surface area contributed by atoms with E-state index in [4.69, 9.17) is 15.2 Å². The van der Waals surface area contributed by atoms with Crippen molar-refractivity contribution in [2.75, 3.05) is 19.8 Å². The fourth-order valence-corrected chi connectivity index (χ4v) is 1.76. The molecule has 0 aliphatic carbocycles. The van der Waals surface area contributed by atoms with E-state index in [0.717, 1.165) is 55.9 Å². The molecule has 18 heavy (non-hydrogen) atoms. The van der Waals surface area contributed by atoms with Crippen molar-refractivity contribution in [1.29, 1.82) is 0 Å². The van der Waals surface area contributed by atoms with E-state index in [9.17, 15) is 0 Å². The number of nitrogens with two attached hydrogens (primary N) is 1. The second-order valence-electron chi connectivity index (χ2n) is 4.26. The van der Waals surface area contributed by atoms with E-state index in [1.54, 1.807) is 0 Å². The van der Waals surface area contributed by atoms with Gasteiger partial charge in [-0.25, -0.2) is 0 Å². The fraction of sp³-hybridized carbons (Fsp3) is 0.467. The van der Waals surface area contributed by atoms with E-state index in [2.05, 4.69) is 11.8 Å². The van der Waals surface area contributed by atoms with E-state index in [-0.39, 0.29) is 0 Å². The molecule has 0 saturated heterocycles. The largest absolute Gasteiger partial charge is 0.490 e. The summed E-state index contributed by atoms with van der Waals surface area (Å²) in [5.41, 5.74) is 6.41. The second kappa shape index (κ2) is 6.93. The Bertz CT molecular complexity index is 446. The van der Waals surface area contributed by atoms with Crippen molar-refractivity contribution in [1.82, 2.24) is 0 Å². The molecule has 0 fully saturated rings. The van der Waals surface area contributed by atoms with Crippen LogP contribution in [0.5, 0.6) is 11.5 Å².